The highest BCUT2D eigenvalue weighted by molar-refractivity contribution is 5.06. The molecule has 0 atom stereocenters. The molecule has 0 aromatic heterocycles. The average Bonchev–Trinajstić information content (AvgIpc) is 2.26. The topological polar surface area (TPSA) is 18.5 Å². The van der Waals surface area contributed by atoms with Gasteiger partial charge < -0.3 is 9.47 Å². The van der Waals surface area contributed by atoms with Crippen molar-refractivity contribution >= 4 is 0 Å². The van der Waals surface area contributed by atoms with Gasteiger partial charge in [0.15, 0.2) is 5.79 Å². The van der Waals surface area contributed by atoms with Crippen molar-refractivity contribution in [3.63, 3.8) is 0 Å². The Kier molecular flexibility index (Phi) is 2.38. The van der Waals surface area contributed by atoms with E-state index in [1.54, 1.807) is 0 Å². The summed E-state index contributed by atoms with van der Waals surface area (Å²) in [7, 11) is 3.62. The van der Waals surface area contributed by atoms with Crippen molar-refractivity contribution in [2.24, 2.45) is 23.2 Å². The van der Waals surface area contributed by atoms with Gasteiger partial charge in [-0.2, -0.15) is 0 Å². The summed E-state index contributed by atoms with van der Waals surface area (Å²) in [6, 6.07) is 0. The maximum atomic E-state index is 5.75. The highest BCUT2D eigenvalue weighted by Gasteiger charge is 2.59. The summed E-state index contributed by atoms with van der Waals surface area (Å²) in [5.74, 6) is 2.51. The molecule has 92 valence electrons. The number of rotatable bonds is 3. The summed E-state index contributed by atoms with van der Waals surface area (Å²) >= 11 is 0. The quantitative estimate of drug-likeness (QED) is 0.685. The first-order valence-corrected chi connectivity index (χ1v) is 6.71. The van der Waals surface area contributed by atoms with Crippen molar-refractivity contribution in [3.8, 4) is 0 Å². The first-order chi connectivity index (χ1) is 7.61. The molecule has 4 rings (SSSR count). The number of hydrogen-bond donors (Lipinski definition) is 0. The Morgan fingerprint density at radius 1 is 0.875 bits per heavy atom. The molecule has 0 N–H and O–H groups in total. The van der Waals surface area contributed by atoms with E-state index < -0.39 is 0 Å². The third-order valence-electron chi connectivity index (χ3n) is 5.78. The molecule has 4 aliphatic carbocycles. The summed E-state index contributed by atoms with van der Waals surface area (Å²) in [6.45, 7) is 2.15. The molecule has 0 saturated heterocycles. The Bertz CT molecular complexity index is 245. The van der Waals surface area contributed by atoms with Gasteiger partial charge in [0, 0.05) is 19.6 Å². The molecule has 0 radical (unpaired) electrons. The molecule has 0 aromatic carbocycles. The van der Waals surface area contributed by atoms with Gasteiger partial charge >= 0.3 is 0 Å². The van der Waals surface area contributed by atoms with Gasteiger partial charge in [-0.05, 0) is 63.2 Å². The zero-order valence-electron chi connectivity index (χ0n) is 10.8. The summed E-state index contributed by atoms with van der Waals surface area (Å²) in [4.78, 5) is 0. The molecule has 0 amide bonds. The van der Waals surface area contributed by atoms with E-state index in [1.807, 2.05) is 14.2 Å². The van der Waals surface area contributed by atoms with Crippen LogP contribution in [0.3, 0.4) is 0 Å². The van der Waals surface area contributed by atoms with Crippen LogP contribution in [0.5, 0.6) is 0 Å². The van der Waals surface area contributed by atoms with Gasteiger partial charge in [-0.15, -0.1) is 0 Å². The van der Waals surface area contributed by atoms with Gasteiger partial charge in [-0.1, -0.05) is 0 Å². The predicted octanol–water partition coefficient (Wildman–Crippen LogP) is 3.21. The van der Waals surface area contributed by atoms with E-state index in [2.05, 4.69) is 6.92 Å². The maximum absolute atomic E-state index is 5.75. The van der Waals surface area contributed by atoms with Crippen molar-refractivity contribution < 1.29 is 9.47 Å². The van der Waals surface area contributed by atoms with Crippen LogP contribution in [0.2, 0.25) is 0 Å². The second-order valence-corrected chi connectivity index (χ2v) is 6.55. The fourth-order valence-electron chi connectivity index (χ4n) is 5.18. The normalized spacial score (nSPS) is 46.3. The smallest absolute Gasteiger partial charge is 0.170 e. The van der Waals surface area contributed by atoms with Crippen molar-refractivity contribution in [3.05, 3.63) is 0 Å². The zero-order valence-corrected chi connectivity index (χ0v) is 10.8. The van der Waals surface area contributed by atoms with Gasteiger partial charge in [-0.25, -0.2) is 0 Å². The molecule has 0 unspecified atom stereocenters. The Hall–Kier alpha value is -0.0800. The van der Waals surface area contributed by atoms with Crippen molar-refractivity contribution in [1.29, 1.82) is 0 Å². The van der Waals surface area contributed by atoms with Crippen molar-refractivity contribution in [1.82, 2.24) is 0 Å². The molecule has 0 spiro atoms. The highest BCUT2D eigenvalue weighted by atomic mass is 16.7. The lowest BCUT2D eigenvalue weighted by Crippen LogP contribution is -2.58. The molecule has 4 saturated carbocycles. The maximum Gasteiger partial charge on any atom is 0.170 e. The third-order valence-corrected chi connectivity index (χ3v) is 5.78. The molecule has 4 fully saturated rings. The molecule has 0 aromatic rings. The SMILES string of the molecule is COC(C)(OC)C12CC3CC(CC(C3)C1)C2. The van der Waals surface area contributed by atoms with Crippen LogP contribution in [0.25, 0.3) is 0 Å². The minimum Gasteiger partial charge on any atom is -0.353 e. The van der Waals surface area contributed by atoms with Crippen LogP contribution < -0.4 is 0 Å². The minimum atomic E-state index is -0.358. The van der Waals surface area contributed by atoms with E-state index in [1.165, 1.54) is 38.5 Å². The monoisotopic (exact) mass is 224 g/mol. The molecular formula is C14H24O2. The molecule has 2 heteroatoms. The second kappa shape index (κ2) is 3.46. The molecule has 0 heterocycles. The van der Waals surface area contributed by atoms with Crippen LogP contribution in [-0.2, 0) is 9.47 Å². The summed E-state index contributed by atoms with van der Waals surface area (Å²) < 4.78 is 11.5. The van der Waals surface area contributed by atoms with Crippen molar-refractivity contribution in [2.75, 3.05) is 14.2 Å². The fraction of sp³-hybridized carbons (Fsp3) is 1.00. The van der Waals surface area contributed by atoms with Crippen molar-refractivity contribution in [2.45, 2.75) is 51.2 Å². The molecule has 2 nitrogen and oxygen atoms in total. The number of hydrogen-bond acceptors (Lipinski definition) is 2. The zero-order chi connectivity index (χ0) is 11.4. The lowest BCUT2D eigenvalue weighted by molar-refractivity contribution is -0.301. The second-order valence-electron chi connectivity index (χ2n) is 6.55. The molecule has 16 heavy (non-hydrogen) atoms. The van der Waals surface area contributed by atoms with Crippen LogP contribution in [0.4, 0.5) is 0 Å². The standard InChI is InChI=1S/C14H24O2/c1-13(15-2,16-3)14-7-10-4-11(8-14)6-12(5-10)9-14/h10-12H,4-9H2,1-3H3. The third kappa shape index (κ3) is 1.32. The summed E-state index contributed by atoms with van der Waals surface area (Å²) in [5.41, 5.74) is 0.311. The molecular weight excluding hydrogens is 200 g/mol. The van der Waals surface area contributed by atoms with E-state index in [0.717, 1.165) is 17.8 Å². The van der Waals surface area contributed by atoms with E-state index in [0.29, 0.717) is 5.41 Å². The fourth-order valence-corrected chi connectivity index (χ4v) is 5.18. The Morgan fingerprint density at radius 3 is 1.56 bits per heavy atom. The van der Waals surface area contributed by atoms with E-state index in [9.17, 15) is 0 Å². The summed E-state index contributed by atoms with van der Waals surface area (Å²) in [5, 5.41) is 0. The Labute approximate surface area is 98.7 Å². The molecule has 4 aliphatic rings. The van der Waals surface area contributed by atoms with E-state index in [-0.39, 0.29) is 5.79 Å². The van der Waals surface area contributed by atoms with Crippen LogP contribution in [0, 0.1) is 23.2 Å². The average molecular weight is 224 g/mol. The lowest BCUT2D eigenvalue weighted by Gasteiger charge is -2.61. The lowest BCUT2D eigenvalue weighted by atomic mass is 9.47. The van der Waals surface area contributed by atoms with Gasteiger partial charge in [0.25, 0.3) is 0 Å². The number of ether oxygens (including phenoxy) is 2. The largest absolute Gasteiger partial charge is 0.353 e. The van der Waals surface area contributed by atoms with Gasteiger partial charge in [0.1, 0.15) is 0 Å². The van der Waals surface area contributed by atoms with Crippen LogP contribution in [0.15, 0.2) is 0 Å². The molecule has 0 aliphatic heterocycles. The first kappa shape index (κ1) is 11.0. The van der Waals surface area contributed by atoms with E-state index >= 15 is 0 Å². The Balaban J connectivity index is 1.93. The summed E-state index contributed by atoms with van der Waals surface area (Å²) in [6.07, 6.45) is 8.42. The van der Waals surface area contributed by atoms with E-state index in [4.69, 9.17) is 9.47 Å². The highest BCUT2D eigenvalue weighted by Crippen LogP contribution is 2.64. The van der Waals surface area contributed by atoms with Crippen LogP contribution >= 0.6 is 0 Å². The first-order valence-electron chi connectivity index (χ1n) is 6.71. The number of methoxy groups -OCH3 is 2. The van der Waals surface area contributed by atoms with Gasteiger partial charge in [0.05, 0.1) is 0 Å². The van der Waals surface area contributed by atoms with Gasteiger partial charge in [0.2, 0.25) is 0 Å². The van der Waals surface area contributed by atoms with Crippen LogP contribution in [0.1, 0.15) is 45.4 Å². The van der Waals surface area contributed by atoms with Gasteiger partial charge in [-0.3, -0.25) is 0 Å². The molecule has 4 bridgehead atoms. The Morgan fingerprint density at radius 2 is 1.25 bits per heavy atom. The minimum absolute atomic E-state index is 0.311. The predicted molar refractivity (Wildman–Crippen MR) is 63.0 cm³/mol. The van der Waals surface area contributed by atoms with Crippen LogP contribution in [-0.4, -0.2) is 20.0 Å².